The van der Waals surface area contributed by atoms with Gasteiger partial charge >= 0.3 is 0 Å². The van der Waals surface area contributed by atoms with E-state index in [2.05, 4.69) is 17.4 Å². The van der Waals surface area contributed by atoms with Crippen LogP contribution in [0.1, 0.15) is 37.8 Å². The molecule has 5 nitrogen and oxygen atoms in total. The molecule has 3 rings (SSSR count). The van der Waals surface area contributed by atoms with E-state index in [1.54, 1.807) is 9.80 Å². The number of amides is 2. The van der Waals surface area contributed by atoms with Crippen molar-refractivity contribution in [1.29, 1.82) is 0 Å². The van der Waals surface area contributed by atoms with E-state index < -0.39 is 0 Å². The minimum Gasteiger partial charge on any atom is -0.374 e. The Bertz CT molecular complexity index is 623. The summed E-state index contributed by atoms with van der Waals surface area (Å²) in [5.41, 5.74) is 4.55. The molecule has 0 spiro atoms. The zero-order chi connectivity index (χ0) is 16.4. The Kier molecular flexibility index (Phi) is 4.55. The van der Waals surface area contributed by atoms with E-state index in [-0.39, 0.29) is 24.9 Å². The van der Waals surface area contributed by atoms with Crippen LogP contribution in [0.25, 0.3) is 0 Å². The number of carbonyl (C=O) groups excluding carboxylic acids is 2. The predicted molar refractivity (Wildman–Crippen MR) is 91.9 cm³/mol. The van der Waals surface area contributed by atoms with Crippen LogP contribution in [-0.2, 0) is 22.4 Å². The summed E-state index contributed by atoms with van der Waals surface area (Å²) in [4.78, 5) is 28.2. The molecule has 2 amide bonds. The average Bonchev–Trinajstić information content (AvgIpc) is 2.57. The minimum atomic E-state index is -0.0336. The lowest BCUT2D eigenvalue weighted by atomic mass is 9.90. The number of carbonyl (C=O) groups is 2. The third kappa shape index (κ3) is 3.05. The number of fused-ring (bicyclic) bond motifs is 2. The van der Waals surface area contributed by atoms with Gasteiger partial charge in [0, 0.05) is 13.1 Å². The predicted octanol–water partition coefficient (Wildman–Crippen LogP) is 2.19. The molecule has 0 bridgehead atoms. The highest BCUT2D eigenvalue weighted by Gasteiger charge is 2.28. The van der Waals surface area contributed by atoms with Crippen molar-refractivity contribution in [3.05, 3.63) is 23.3 Å². The van der Waals surface area contributed by atoms with Crippen LogP contribution in [0.5, 0.6) is 0 Å². The van der Waals surface area contributed by atoms with Crippen LogP contribution in [0.2, 0.25) is 0 Å². The molecular formula is C18H25N3O2. The standard InChI is InChI=1S/C18H25N3O2/c1-3-20(4-2)18(23)12-21-16-10-14-8-6-5-7-13(14)9-15(16)19-11-17(21)22/h9-10,19H,3-8,11-12H2,1-2H3. The summed E-state index contributed by atoms with van der Waals surface area (Å²) < 4.78 is 0. The second-order valence-corrected chi connectivity index (χ2v) is 6.24. The molecule has 0 saturated heterocycles. The molecule has 1 heterocycles. The highest BCUT2D eigenvalue weighted by Crippen LogP contribution is 2.35. The largest absolute Gasteiger partial charge is 0.374 e. The van der Waals surface area contributed by atoms with Gasteiger partial charge in [-0.15, -0.1) is 0 Å². The molecule has 2 aliphatic rings. The first kappa shape index (κ1) is 15.8. The Hall–Kier alpha value is -2.04. The Morgan fingerprint density at radius 1 is 1.17 bits per heavy atom. The Balaban J connectivity index is 1.90. The van der Waals surface area contributed by atoms with Gasteiger partial charge in [-0.25, -0.2) is 0 Å². The van der Waals surface area contributed by atoms with E-state index in [1.807, 2.05) is 13.8 Å². The van der Waals surface area contributed by atoms with Gasteiger partial charge in [0.2, 0.25) is 11.8 Å². The van der Waals surface area contributed by atoms with E-state index in [4.69, 9.17) is 0 Å². The van der Waals surface area contributed by atoms with Crippen molar-refractivity contribution in [2.45, 2.75) is 39.5 Å². The number of hydrogen-bond acceptors (Lipinski definition) is 3. The van der Waals surface area contributed by atoms with E-state index in [9.17, 15) is 9.59 Å². The summed E-state index contributed by atoms with van der Waals surface area (Å²) >= 11 is 0. The van der Waals surface area contributed by atoms with Crippen molar-refractivity contribution in [1.82, 2.24) is 4.90 Å². The molecule has 23 heavy (non-hydrogen) atoms. The van der Waals surface area contributed by atoms with Gasteiger partial charge in [0.1, 0.15) is 6.54 Å². The number of nitrogens with zero attached hydrogens (tertiary/aromatic N) is 2. The summed E-state index contributed by atoms with van der Waals surface area (Å²) in [6.45, 7) is 5.67. The third-order valence-electron chi connectivity index (χ3n) is 4.89. The lowest BCUT2D eigenvalue weighted by Crippen LogP contribution is -2.47. The number of nitrogens with one attached hydrogen (secondary N) is 1. The van der Waals surface area contributed by atoms with Gasteiger partial charge in [0.15, 0.2) is 0 Å². The van der Waals surface area contributed by atoms with Crippen molar-refractivity contribution in [3.8, 4) is 0 Å². The molecule has 1 N–H and O–H groups in total. The van der Waals surface area contributed by atoms with Gasteiger partial charge in [-0.3, -0.25) is 14.5 Å². The second kappa shape index (κ2) is 6.60. The molecule has 0 radical (unpaired) electrons. The van der Waals surface area contributed by atoms with Gasteiger partial charge in [0.25, 0.3) is 0 Å². The number of hydrogen-bond donors (Lipinski definition) is 1. The van der Waals surface area contributed by atoms with E-state index in [1.165, 1.54) is 24.0 Å². The first-order valence-corrected chi connectivity index (χ1v) is 8.61. The van der Waals surface area contributed by atoms with Crippen LogP contribution in [0.4, 0.5) is 11.4 Å². The van der Waals surface area contributed by atoms with Crippen LogP contribution in [-0.4, -0.2) is 42.9 Å². The van der Waals surface area contributed by atoms with Crippen molar-refractivity contribution >= 4 is 23.2 Å². The normalized spacial score (nSPS) is 16.4. The van der Waals surface area contributed by atoms with Crippen molar-refractivity contribution in [3.63, 3.8) is 0 Å². The van der Waals surface area contributed by atoms with E-state index >= 15 is 0 Å². The number of rotatable bonds is 4. The van der Waals surface area contributed by atoms with Crippen molar-refractivity contribution in [2.75, 3.05) is 36.4 Å². The van der Waals surface area contributed by atoms with Gasteiger partial charge in [-0.05, 0) is 62.8 Å². The molecule has 1 aliphatic heterocycles. The molecule has 1 aromatic rings. The summed E-state index contributed by atoms with van der Waals surface area (Å²) in [5.74, 6) is -0.0253. The summed E-state index contributed by atoms with van der Waals surface area (Å²) in [6.07, 6.45) is 4.60. The molecule has 0 fully saturated rings. The van der Waals surface area contributed by atoms with Gasteiger partial charge in [-0.2, -0.15) is 0 Å². The summed E-state index contributed by atoms with van der Waals surface area (Å²) in [7, 11) is 0. The monoisotopic (exact) mass is 315 g/mol. The fourth-order valence-electron chi connectivity index (χ4n) is 3.52. The molecule has 0 atom stereocenters. The van der Waals surface area contributed by atoms with Crippen LogP contribution in [0, 0.1) is 0 Å². The van der Waals surface area contributed by atoms with Gasteiger partial charge < -0.3 is 10.2 Å². The van der Waals surface area contributed by atoms with Gasteiger partial charge in [0.05, 0.1) is 17.9 Å². The average molecular weight is 315 g/mol. The molecule has 1 aliphatic carbocycles. The first-order valence-electron chi connectivity index (χ1n) is 8.61. The summed E-state index contributed by atoms with van der Waals surface area (Å²) in [5, 5.41) is 3.21. The van der Waals surface area contributed by atoms with E-state index in [0.29, 0.717) is 13.1 Å². The van der Waals surface area contributed by atoms with Crippen LogP contribution in [0.3, 0.4) is 0 Å². The fourth-order valence-corrected chi connectivity index (χ4v) is 3.52. The zero-order valence-corrected chi connectivity index (χ0v) is 14.0. The van der Waals surface area contributed by atoms with Crippen LogP contribution < -0.4 is 10.2 Å². The quantitative estimate of drug-likeness (QED) is 0.927. The highest BCUT2D eigenvalue weighted by molar-refractivity contribution is 6.06. The number of likely N-dealkylation sites (N-methyl/N-ethyl adjacent to an activating group) is 1. The number of benzene rings is 1. The Morgan fingerprint density at radius 2 is 1.83 bits per heavy atom. The molecule has 0 aromatic heterocycles. The molecular weight excluding hydrogens is 290 g/mol. The van der Waals surface area contributed by atoms with Crippen LogP contribution >= 0.6 is 0 Å². The topological polar surface area (TPSA) is 52.7 Å². The first-order chi connectivity index (χ1) is 11.1. The molecule has 0 unspecified atom stereocenters. The lowest BCUT2D eigenvalue weighted by molar-refractivity contribution is -0.130. The summed E-state index contributed by atoms with van der Waals surface area (Å²) in [6, 6.07) is 4.29. The van der Waals surface area contributed by atoms with Crippen molar-refractivity contribution < 1.29 is 9.59 Å². The van der Waals surface area contributed by atoms with Gasteiger partial charge in [-0.1, -0.05) is 0 Å². The Labute approximate surface area is 137 Å². The fraction of sp³-hybridized carbons (Fsp3) is 0.556. The third-order valence-corrected chi connectivity index (χ3v) is 4.89. The van der Waals surface area contributed by atoms with Crippen molar-refractivity contribution in [2.24, 2.45) is 0 Å². The Morgan fingerprint density at radius 3 is 2.48 bits per heavy atom. The maximum atomic E-state index is 12.4. The molecule has 124 valence electrons. The molecule has 0 saturated carbocycles. The van der Waals surface area contributed by atoms with Crippen LogP contribution in [0.15, 0.2) is 12.1 Å². The van der Waals surface area contributed by atoms with E-state index in [0.717, 1.165) is 24.2 Å². The smallest absolute Gasteiger partial charge is 0.246 e. The number of aryl methyl sites for hydroxylation is 2. The molecule has 1 aromatic carbocycles. The minimum absolute atomic E-state index is 0.00826. The molecule has 5 heteroatoms. The highest BCUT2D eigenvalue weighted by atomic mass is 16.2. The maximum Gasteiger partial charge on any atom is 0.246 e. The lowest BCUT2D eigenvalue weighted by Gasteiger charge is -2.33. The SMILES string of the molecule is CCN(CC)C(=O)CN1C(=O)CNc2cc3c(cc21)CCCC3. The second-order valence-electron chi connectivity index (χ2n) is 6.24. The maximum absolute atomic E-state index is 12.4. The zero-order valence-electron chi connectivity index (χ0n) is 14.0. The number of anilines is 2.